The smallest absolute Gasteiger partial charge is 0.246 e. The van der Waals surface area contributed by atoms with Gasteiger partial charge in [0.15, 0.2) is 0 Å². The topological polar surface area (TPSA) is 69.7 Å². The second-order valence-corrected chi connectivity index (χ2v) is 7.23. The summed E-state index contributed by atoms with van der Waals surface area (Å²) in [6.07, 6.45) is 6.95. The van der Waals surface area contributed by atoms with Gasteiger partial charge in [0.2, 0.25) is 15.9 Å². The Bertz CT molecular complexity index is 733. The van der Waals surface area contributed by atoms with Crippen molar-refractivity contribution in [2.75, 3.05) is 38.1 Å². The molecule has 1 fully saturated rings. The molecule has 1 aromatic rings. The maximum Gasteiger partial charge on any atom is 0.246 e. The van der Waals surface area contributed by atoms with E-state index in [4.69, 9.17) is 0 Å². The molecule has 0 spiro atoms. The molecule has 0 atom stereocenters. The summed E-state index contributed by atoms with van der Waals surface area (Å²) < 4.78 is 26.7. The van der Waals surface area contributed by atoms with Crippen LogP contribution in [0, 0.1) is 0 Å². The third-order valence-corrected chi connectivity index (χ3v) is 5.36. The molecular formula is C17H23N3O3S. The summed E-state index contributed by atoms with van der Waals surface area (Å²) in [5.41, 5.74) is 0.670. The Morgan fingerprint density at radius 3 is 2.42 bits per heavy atom. The predicted octanol–water partition coefficient (Wildman–Crippen LogP) is 1.38. The Morgan fingerprint density at radius 1 is 1.12 bits per heavy atom. The first kappa shape index (κ1) is 18.2. The molecule has 0 saturated carbocycles. The zero-order valence-electron chi connectivity index (χ0n) is 14.0. The largest absolute Gasteiger partial charge is 0.367 e. The quantitative estimate of drug-likeness (QED) is 0.644. The molecule has 0 radical (unpaired) electrons. The lowest BCUT2D eigenvalue weighted by atomic mass is 10.2. The summed E-state index contributed by atoms with van der Waals surface area (Å²) in [5, 5.41) is 0. The van der Waals surface area contributed by atoms with Crippen LogP contribution in [-0.4, -0.2) is 52.5 Å². The van der Waals surface area contributed by atoms with Crippen molar-refractivity contribution in [1.29, 1.82) is 0 Å². The summed E-state index contributed by atoms with van der Waals surface area (Å²) in [7, 11) is -2.11. The summed E-state index contributed by atoms with van der Waals surface area (Å²) in [6.45, 7) is 4.21. The first-order valence-corrected chi connectivity index (χ1v) is 9.33. The molecule has 1 aliphatic heterocycles. The SMILES string of the molecule is C/C=C/C=C/C(=O)N1CCN(c2ccccc2S(=O)(=O)NC)CC1. The highest BCUT2D eigenvalue weighted by Crippen LogP contribution is 2.25. The van der Waals surface area contributed by atoms with Gasteiger partial charge < -0.3 is 9.80 Å². The molecule has 2 rings (SSSR count). The van der Waals surface area contributed by atoms with Crippen molar-refractivity contribution in [3.63, 3.8) is 0 Å². The number of allylic oxidation sites excluding steroid dienone is 3. The minimum atomic E-state index is -3.51. The molecule has 24 heavy (non-hydrogen) atoms. The third kappa shape index (κ3) is 4.24. The van der Waals surface area contributed by atoms with E-state index in [1.54, 1.807) is 35.3 Å². The van der Waals surface area contributed by atoms with Gasteiger partial charge in [-0.05, 0) is 26.1 Å². The van der Waals surface area contributed by atoms with Crippen molar-refractivity contribution in [3.8, 4) is 0 Å². The molecule has 7 heteroatoms. The standard InChI is InChI=1S/C17H23N3O3S/c1-3-4-5-10-17(21)20-13-11-19(12-14-20)15-8-6-7-9-16(15)24(22,23)18-2/h3-10,18H,11-14H2,1-2H3/b4-3+,10-5+. The molecule has 1 aromatic carbocycles. The zero-order chi connectivity index (χ0) is 17.6. The van der Waals surface area contributed by atoms with Gasteiger partial charge in [-0.2, -0.15) is 0 Å². The molecule has 0 aromatic heterocycles. The van der Waals surface area contributed by atoms with E-state index >= 15 is 0 Å². The number of piperazine rings is 1. The fraction of sp³-hybridized carbons (Fsp3) is 0.353. The van der Waals surface area contributed by atoms with E-state index in [1.165, 1.54) is 7.05 Å². The van der Waals surface area contributed by atoms with E-state index in [0.29, 0.717) is 31.9 Å². The number of hydrogen-bond donors (Lipinski definition) is 1. The molecular weight excluding hydrogens is 326 g/mol. The van der Waals surface area contributed by atoms with E-state index in [2.05, 4.69) is 4.72 Å². The Labute approximate surface area is 143 Å². The summed E-state index contributed by atoms with van der Waals surface area (Å²) >= 11 is 0. The van der Waals surface area contributed by atoms with Crippen LogP contribution in [0.25, 0.3) is 0 Å². The van der Waals surface area contributed by atoms with Crippen LogP contribution in [0.4, 0.5) is 5.69 Å². The molecule has 1 aliphatic rings. The van der Waals surface area contributed by atoms with Crippen molar-refractivity contribution in [2.45, 2.75) is 11.8 Å². The van der Waals surface area contributed by atoms with Crippen molar-refractivity contribution >= 4 is 21.6 Å². The molecule has 0 unspecified atom stereocenters. The fourth-order valence-corrected chi connectivity index (χ4v) is 3.53. The van der Waals surface area contributed by atoms with Gasteiger partial charge in [0, 0.05) is 32.3 Å². The minimum Gasteiger partial charge on any atom is -0.367 e. The second kappa shape index (κ2) is 8.12. The highest BCUT2D eigenvalue weighted by atomic mass is 32.2. The van der Waals surface area contributed by atoms with Crippen LogP contribution in [0.15, 0.2) is 53.5 Å². The van der Waals surface area contributed by atoms with E-state index in [0.717, 1.165) is 0 Å². The van der Waals surface area contributed by atoms with Gasteiger partial charge in [-0.3, -0.25) is 4.79 Å². The highest BCUT2D eigenvalue weighted by Gasteiger charge is 2.24. The first-order valence-electron chi connectivity index (χ1n) is 7.85. The van der Waals surface area contributed by atoms with E-state index < -0.39 is 10.0 Å². The lowest BCUT2D eigenvalue weighted by Crippen LogP contribution is -2.48. The van der Waals surface area contributed by atoms with Crippen molar-refractivity contribution in [1.82, 2.24) is 9.62 Å². The monoisotopic (exact) mass is 349 g/mol. The Balaban J connectivity index is 2.10. The Hall–Kier alpha value is -2.12. The number of rotatable bonds is 5. The van der Waals surface area contributed by atoms with Gasteiger partial charge in [-0.25, -0.2) is 13.1 Å². The van der Waals surface area contributed by atoms with Crippen LogP contribution in [-0.2, 0) is 14.8 Å². The van der Waals surface area contributed by atoms with E-state index in [1.807, 2.05) is 30.0 Å². The first-order chi connectivity index (χ1) is 11.5. The number of carbonyl (C=O) groups is 1. The molecule has 1 amide bonds. The minimum absolute atomic E-state index is 0.0242. The normalized spacial score (nSPS) is 16.2. The van der Waals surface area contributed by atoms with Crippen LogP contribution in [0.1, 0.15) is 6.92 Å². The summed E-state index contributed by atoms with van der Waals surface area (Å²) in [4.78, 5) is 16.1. The molecule has 1 heterocycles. The van der Waals surface area contributed by atoms with Gasteiger partial charge in [0.1, 0.15) is 4.90 Å². The molecule has 1 N–H and O–H groups in total. The number of nitrogens with zero attached hydrogens (tertiary/aromatic N) is 2. The Kier molecular flexibility index (Phi) is 6.16. The van der Waals surface area contributed by atoms with Crippen LogP contribution in [0.2, 0.25) is 0 Å². The molecule has 0 aliphatic carbocycles. The van der Waals surface area contributed by atoms with Gasteiger partial charge in [-0.1, -0.05) is 30.4 Å². The highest BCUT2D eigenvalue weighted by molar-refractivity contribution is 7.89. The number of sulfonamides is 1. The van der Waals surface area contributed by atoms with Crippen LogP contribution >= 0.6 is 0 Å². The van der Waals surface area contributed by atoms with E-state index in [-0.39, 0.29) is 10.8 Å². The fourth-order valence-electron chi connectivity index (χ4n) is 2.58. The number of benzene rings is 1. The number of para-hydroxylation sites is 1. The molecule has 0 bridgehead atoms. The van der Waals surface area contributed by atoms with Crippen molar-refractivity contribution < 1.29 is 13.2 Å². The van der Waals surface area contributed by atoms with Crippen LogP contribution < -0.4 is 9.62 Å². The van der Waals surface area contributed by atoms with E-state index in [9.17, 15) is 13.2 Å². The van der Waals surface area contributed by atoms with Gasteiger partial charge in [0.05, 0.1) is 5.69 Å². The summed E-state index contributed by atoms with van der Waals surface area (Å²) in [5.74, 6) is -0.0242. The zero-order valence-corrected chi connectivity index (χ0v) is 14.8. The third-order valence-electron chi connectivity index (χ3n) is 3.90. The lowest BCUT2D eigenvalue weighted by molar-refractivity contribution is -0.126. The van der Waals surface area contributed by atoms with Crippen molar-refractivity contribution in [2.24, 2.45) is 0 Å². The molecule has 130 valence electrons. The molecule has 1 saturated heterocycles. The maximum atomic E-state index is 12.2. The number of hydrogen-bond acceptors (Lipinski definition) is 4. The van der Waals surface area contributed by atoms with Gasteiger partial charge in [-0.15, -0.1) is 0 Å². The maximum absolute atomic E-state index is 12.2. The number of amides is 1. The number of nitrogens with one attached hydrogen (secondary N) is 1. The predicted molar refractivity (Wildman–Crippen MR) is 95.4 cm³/mol. The average Bonchev–Trinajstić information content (AvgIpc) is 2.62. The molecule has 6 nitrogen and oxygen atoms in total. The number of anilines is 1. The number of carbonyl (C=O) groups excluding carboxylic acids is 1. The summed E-state index contributed by atoms with van der Waals surface area (Å²) in [6, 6.07) is 6.92. The van der Waals surface area contributed by atoms with Crippen molar-refractivity contribution in [3.05, 3.63) is 48.6 Å². The van der Waals surface area contributed by atoms with Crippen LogP contribution in [0.3, 0.4) is 0 Å². The Morgan fingerprint density at radius 2 is 1.79 bits per heavy atom. The lowest BCUT2D eigenvalue weighted by Gasteiger charge is -2.36. The van der Waals surface area contributed by atoms with Gasteiger partial charge >= 0.3 is 0 Å². The average molecular weight is 349 g/mol. The second-order valence-electron chi connectivity index (χ2n) is 5.37. The van der Waals surface area contributed by atoms with Gasteiger partial charge in [0.25, 0.3) is 0 Å². The van der Waals surface area contributed by atoms with Crippen LogP contribution in [0.5, 0.6) is 0 Å².